The van der Waals surface area contributed by atoms with Crippen LogP contribution in [0.4, 0.5) is 5.69 Å². The molecule has 0 spiro atoms. The highest BCUT2D eigenvalue weighted by Crippen LogP contribution is 2.28. The SMILES string of the molecule is C=C(C)C(=O)N(c1ccc(Cl)cc1)S(=O)(=O)c1ccccc1C. The van der Waals surface area contributed by atoms with Gasteiger partial charge in [0.05, 0.1) is 10.6 Å². The molecule has 0 fully saturated rings. The predicted molar refractivity (Wildman–Crippen MR) is 92.1 cm³/mol. The van der Waals surface area contributed by atoms with Crippen LogP contribution in [0.2, 0.25) is 5.02 Å². The van der Waals surface area contributed by atoms with Crippen LogP contribution in [0, 0.1) is 6.92 Å². The first-order valence-electron chi connectivity index (χ1n) is 6.81. The van der Waals surface area contributed by atoms with Gasteiger partial charge in [0.2, 0.25) is 0 Å². The lowest BCUT2D eigenvalue weighted by molar-refractivity contribution is -0.113. The van der Waals surface area contributed by atoms with Crippen molar-refractivity contribution in [3.8, 4) is 0 Å². The maximum atomic E-state index is 13.0. The summed E-state index contributed by atoms with van der Waals surface area (Å²) >= 11 is 5.84. The number of halogens is 1. The maximum Gasteiger partial charge on any atom is 0.271 e. The van der Waals surface area contributed by atoms with E-state index in [4.69, 9.17) is 11.6 Å². The van der Waals surface area contributed by atoms with Crippen LogP contribution in [0.1, 0.15) is 12.5 Å². The van der Waals surface area contributed by atoms with E-state index in [1.807, 2.05) is 0 Å². The number of nitrogens with zero attached hydrogens (tertiary/aromatic N) is 1. The van der Waals surface area contributed by atoms with E-state index < -0.39 is 15.9 Å². The Morgan fingerprint density at radius 2 is 1.65 bits per heavy atom. The zero-order chi connectivity index (χ0) is 17.2. The van der Waals surface area contributed by atoms with Crippen molar-refractivity contribution in [2.45, 2.75) is 18.7 Å². The molecule has 2 rings (SSSR count). The summed E-state index contributed by atoms with van der Waals surface area (Å²) in [5.74, 6) is -0.685. The molecule has 0 N–H and O–H groups in total. The predicted octanol–water partition coefficient (Wildman–Crippen LogP) is 3.95. The first-order valence-corrected chi connectivity index (χ1v) is 8.63. The molecule has 23 heavy (non-hydrogen) atoms. The van der Waals surface area contributed by atoms with E-state index in [9.17, 15) is 13.2 Å². The fourth-order valence-electron chi connectivity index (χ4n) is 2.06. The van der Waals surface area contributed by atoms with Gasteiger partial charge in [0.25, 0.3) is 15.9 Å². The van der Waals surface area contributed by atoms with E-state index in [1.54, 1.807) is 25.1 Å². The maximum absolute atomic E-state index is 13.0. The van der Waals surface area contributed by atoms with Crippen LogP contribution in [0.15, 0.2) is 65.6 Å². The summed E-state index contributed by atoms with van der Waals surface area (Å²) in [6.07, 6.45) is 0. The average molecular weight is 350 g/mol. The number of benzene rings is 2. The number of aryl methyl sites for hydroxylation is 1. The van der Waals surface area contributed by atoms with Crippen LogP contribution < -0.4 is 4.31 Å². The standard InChI is InChI=1S/C17H16ClNO3S/c1-12(2)17(20)19(15-10-8-14(18)9-11-15)23(21,22)16-7-5-4-6-13(16)3/h4-11H,1H2,2-3H3. The van der Waals surface area contributed by atoms with Crippen molar-refractivity contribution in [2.75, 3.05) is 4.31 Å². The summed E-state index contributed by atoms with van der Waals surface area (Å²) in [5, 5.41) is 0.449. The Balaban J connectivity index is 2.67. The monoisotopic (exact) mass is 349 g/mol. The van der Waals surface area contributed by atoms with Crippen molar-refractivity contribution in [3.63, 3.8) is 0 Å². The molecule has 0 saturated carbocycles. The number of amides is 1. The Morgan fingerprint density at radius 1 is 1.09 bits per heavy atom. The lowest BCUT2D eigenvalue weighted by Gasteiger charge is -2.23. The largest absolute Gasteiger partial charge is 0.271 e. The highest BCUT2D eigenvalue weighted by molar-refractivity contribution is 7.93. The number of sulfonamides is 1. The Hall–Kier alpha value is -2.11. The zero-order valence-electron chi connectivity index (χ0n) is 12.8. The minimum Gasteiger partial charge on any atom is -0.268 e. The van der Waals surface area contributed by atoms with Crippen molar-refractivity contribution in [2.24, 2.45) is 0 Å². The molecular weight excluding hydrogens is 334 g/mol. The molecule has 0 radical (unpaired) electrons. The van der Waals surface area contributed by atoms with Gasteiger partial charge in [-0.25, -0.2) is 8.42 Å². The number of hydrogen-bond donors (Lipinski definition) is 0. The molecule has 0 aromatic heterocycles. The second kappa shape index (κ2) is 6.56. The van der Waals surface area contributed by atoms with Gasteiger partial charge in [-0.1, -0.05) is 36.4 Å². The normalized spacial score (nSPS) is 11.1. The molecule has 0 aliphatic carbocycles. The van der Waals surface area contributed by atoms with Crippen LogP contribution >= 0.6 is 11.6 Å². The second-order valence-corrected chi connectivity index (χ2v) is 7.29. The van der Waals surface area contributed by atoms with E-state index in [2.05, 4.69) is 6.58 Å². The van der Waals surface area contributed by atoms with Gasteiger partial charge in [-0.2, -0.15) is 4.31 Å². The molecular formula is C17H16ClNO3S. The number of rotatable bonds is 4. The van der Waals surface area contributed by atoms with Crippen molar-refractivity contribution in [1.29, 1.82) is 0 Å². The number of carbonyl (C=O) groups is 1. The molecule has 2 aromatic rings. The quantitative estimate of drug-likeness (QED) is 0.785. The van der Waals surface area contributed by atoms with Crippen LogP contribution in [0.3, 0.4) is 0 Å². The number of carbonyl (C=O) groups excluding carboxylic acids is 1. The molecule has 0 atom stereocenters. The fourth-order valence-corrected chi connectivity index (χ4v) is 3.88. The Labute approximate surface area is 141 Å². The van der Waals surface area contributed by atoms with Crippen molar-refractivity contribution in [3.05, 3.63) is 71.3 Å². The topological polar surface area (TPSA) is 54.5 Å². The van der Waals surface area contributed by atoms with Gasteiger partial charge < -0.3 is 0 Å². The van der Waals surface area contributed by atoms with Crippen LogP contribution in [0.5, 0.6) is 0 Å². The van der Waals surface area contributed by atoms with Crippen molar-refractivity contribution >= 4 is 33.2 Å². The lowest BCUT2D eigenvalue weighted by atomic mass is 10.2. The molecule has 120 valence electrons. The van der Waals surface area contributed by atoms with Crippen LogP contribution in [-0.4, -0.2) is 14.3 Å². The van der Waals surface area contributed by atoms with E-state index in [0.717, 1.165) is 4.31 Å². The molecule has 0 bridgehead atoms. The van der Waals surface area contributed by atoms with E-state index in [0.29, 0.717) is 10.6 Å². The van der Waals surface area contributed by atoms with Gasteiger partial charge in [-0.15, -0.1) is 0 Å². The molecule has 0 aliphatic rings. The molecule has 0 saturated heterocycles. The van der Waals surface area contributed by atoms with E-state index in [-0.39, 0.29) is 16.2 Å². The Morgan fingerprint density at radius 3 is 2.17 bits per heavy atom. The van der Waals surface area contributed by atoms with E-state index in [1.165, 1.54) is 37.3 Å². The highest BCUT2D eigenvalue weighted by Gasteiger charge is 2.32. The smallest absolute Gasteiger partial charge is 0.268 e. The van der Waals surface area contributed by atoms with Gasteiger partial charge in [-0.05, 0) is 49.7 Å². The van der Waals surface area contributed by atoms with Gasteiger partial charge in [0.1, 0.15) is 0 Å². The molecule has 6 heteroatoms. The van der Waals surface area contributed by atoms with Gasteiger partial charge in [0, 0.05) is 10.6 Å². The minimum atomic E-state index is -4.06. The molecule has 1 amide bonds. The molecule has 0 unspecified atom stereocenters. The first kappa shape index (κ1) is 17.2. The number of anilines is 1. The summed E-state index contributed by atoms with van der Waals surface area (Å²) in [7, 11) is -4.06. The summed E-state index contributed by atoms with van der Waals surface area (Å²) in [6, 6.07) is 12.5. The third-order valence-electron chi connectivity index (χ3n) is 3.22. The van der Waals surface area contributed by atoms with Crippen molar-refractivity contribution in [1.82, 2.24) is 0 Å². The van der Waals surface area contributed by atoms with Crippen molar-refractivity contribution < 1.29 is 13.2 Å². The molecule has 2 aromatic carbocycles. The first-order chi connectivity index (χ1) is 10.7. The Bertz CT molecular complexity index is 858. The number of hydrogen-bond acceptors (Lipinski definition) is 3. The lowest BCUT2D eigenvalue weighted by Crippen LogP contribution is -2.37. The third-order valence-corrected chi connectivity index (χ3v) is 5.35. The van der Waals surface area contributed by atoms with E-state index >= 15 is 0 Å². The molecule has 0 aliphatic heterocycles. The zero-order valence-corrected chi connectivity index (χ0v) is 14.4. The average Bonchev–Trinajstić information content (AvgIpc) is 2.49. The fraction of sp³-hybridized carbons (Fsp3) is 0.118. The Kier molecular flexibility index (Phi) is 4.92. The molecule has 0 heterocycles. The third kappa shape index (κ3) is 3.46. The summed E-state index contributed by atoms with van der Waals surface area (Å²) < 4.78 is 26.8. The molecule has 4 nitrogen and oxygen atoms in total. The van der Waals surface area contributed by atoms with Gasteiger partial charge >= 0.3 is 0 Å². The summed E-state index contributed by atoms with van der Waals surface area (Å²) in [6.45, 7) is 6.72. The van der Waals surface area contributed by atoms with Crippen LogP contribution in [-0.2, 0) is 14.8 Å². The van der Waals surface area contributed by atoms with Gasteiger partial charge in [-0.3, -0.25) is 4.79 Å². The highest BCUT2D eigenvalue weighted by atomic mass is 35.5. The second-order valence-electron chi connectivity index (χ2n) is 5.10. The summed E-state index contributed by atoms with van der Waals surface area (Å²) in [4.78, 5) is 12.5. The van der Waals surface area contributed by atoms with Gasteiger partial charge in [0.15, 0.2) is 0 Å². The summed E-state index contributed by atoms with van der Waals surface area (Å²) in [5.41, 5.74) is 0.892. The van der Waals surface area contributed by atoms with Crippen LogP contribution in [0.25, 0.3) is 0 Å². The minimum absolute atomic E-state index is 0.0737.